The molecule has 2 aromatic carbocycles. The average Bonchev–Trinajstić information content (AvgIpc) is 2.83. The molecule has 2 aromatic rings. The fourth-order valence-corrected chi connectivity index (χ4v) is 4.64. The summed E-state index contributed by atoms with van der Waals surface area (Å²) in [5, 5.41) is 3.06. The van der Waals surface area contributed by atoms with Crippen molar-refractivity contribution in [3.8, 4) is 11.5 Å². The van der Waals surface area contributed by atoms with Gasteiger partial charge >= 0.3 is 0 Å². The lowest BCUT2D eigenvalue weighted by Crippen LogP contribution is -2.61. The van der Waals surface area contributed by atoms with Crippen LogP contribution in [0.15, 0.2) is 42.5 Å². The molecule has 2 aliphatic heterocycles. The van der Waals surface area contributed by atoms with Crippen molar-refractivity contribution in [1.82, 2.24) is 5.32 Å². The highest BCUT2D eigenvalue weighted by molar-refractivity contribution is 5.82. The van der Waals surface area contributed by atoms with Crippen LogP contribution in [0.4, 0.5) is 11.4 Å². The van der Waals surface area contributed by atoms with Crippen LogP contribution in [0.5, 0.6) is 11.5 Å². The van der Waals surface area contributed by atoms with E-state index in [1.54, 1.807) is 21.3 Å². The van der Waals surface area contributed by atoms with Crippen molar-refractivity contribution >= 4 is 17.3 Å². The summed E-state index contributed by atoms with van der Waals surface area (Å²) in [6.45, 7) is 3.55. The van der Waals surface area contributed by atoms with E-state index in [1.807, 2.05) is 18.2 Å². The number of hydrogen-bond acceptors (Lipinski definition) is 6. The van der Waals surface area contributed by atoms with Crippen LogP contribution in [-0.4, -0.2) is 66.1 Å². The van der Waals surface area contributed by atoms with Crippen molar-refractivity contribution in [3.63, 3.8) is 0 Å². The van der Waals surface area contributed by atoms with Gasteiger partial charge in [-0.15, -0.1) is 0 Å². The fraction of sp³-hybridized carbons (Fsp3) is 0.458. The molecule has 1 fully saturated rings. The number of ether oxygens (including phenoxy) is 3. The van der Waals surface area contributed by atoms with E-state index in [1.165, 1.54) is 11.3 Å². The number of fused-ring (bicyclic) bond motifs is 3. The third kappa shape index (κ3) is 4.42. The maximum absolute atomic E-state index is 13.1. The summed E-state index contributed by atoms with van der Waals surface area (Å²) >= 11 is 0. The second-order valence-corrected chi connectivity index (χ2v) is 7.99. The summed E-state index contributed by atoms with van der Waals surface area (Å²) in [6, 6.07) is 14.4. The summed E-state index contributed by atoms with van der Waals surface area (Å²) in [5.41, 5.74) is 3.52. The molecule has 0 radical (unpaired) electrons. The van der Waals surface area contributed by atoms with E-state index in [4.69, 9.17) is 14.2 Å². The molecule has 0 aromatic heterocycles. The van der Waals surface area contributed by atoms with Crippen LogP contribution in [0.3, 0.4) is 0 Å². The number of anilines is 2. The Hall–Kier alpha value is -2.93. The van der Waals surface area contributed by atoms with Crippen LogP contribution in [0.2, 0.25) is 0 Å². The van der Waals surface area contributed by atoms with Crippen LogP contribution in [0.25, 0.3) is 0 Å². The van der Waals surface area contributed by atoms with Gasteiger partial charge in [0.1, 0.15) is 11.5 Å². The Morgan fingerprint density at radius 1 is 1.03 bits per heavy atom. The van der Waals surface area contributed by atoms with Gasteiger partial charge in [0, 0.05) is 50.7 Å². The molecule has 166 valence electrons. The lowest BCUT2D eigenvalue weighted by Gasteiger charge is -2.49. The second-order valence-electron chi connectivity index (χ2n) is 7.99. The molecule has 0 aliphatic carbocycles. The monoisotopic (exact) mass is 425 g/mol. The van der Waals surface area contributed by atoms with Crippen molar-refractivity contribution in [3.05, 3.63) is 48.0 Å². The number of amides is 1. The van der Waals surface area contributed by atoms with Gasteiger partial charge in [0.05, 0.1) is 32.8 Å². The van der Waals surface area contributed by atoms with E-state index in [9.17, 15) is 4.79 Å². The quantitative estimate of drug-likeness (QED) is 0.687. The summed E-state index contributed by atoms with van der Waals surface area (Å²) < 4.78 is 15.9. The Balaban J connectivity index is 1.61. The lowest BCUT2D eigenvalue weighted by atomic mass is 9.83. The number of benzene rings is 2. The number of methoxy groups -OCH3 is 3. The molecule has 1 amide bonds. The topological polar surface area (TPSA) is 63.3 Å². The Morgan fingerprint density at radius 3 is 2.48 bits per heavy atom. The maximum atomic E-state index is 13.1. The lowest BCUT2D eigenvalue weighted by molar-refractivity contribution is -0.126. The Morgan fingerprint density at radius 2 is 1.77 bits per heavy atom. The first-order chi connectivity index (χ1) is 15.1. The molecule has 4 rings (SSSR count). The molecule has 2 heterocycles. The standard InChI is InChI=1S/C24H31N3O4/c1-29-13-10-25-24(28)21-14-17-4-7-20(31-3)15-22(17)27-12-11-26(16-23(21)27)18-5-8-19(30-2)9-6-18/h4-9,15,21,23H,10-14,16H2,1-3H3,(H,25,28)/t21-,23-/m0/s1. The number of nitrogens with one attached hydrogen (secondary N) is 1. The summed E-state index contributed by atoms with van der Waals surface area (Å²) in [4.78, 5) is 17.9. The van der Waals surface area contributed by atoms with E-state index in [0.717, 1.165) is 43.2 Å². The number of carbonyl (C=O) groups is 1. The zero-order valence-corrected chi connectivity index (χ0v) is 18.5. The maximum Gasteiger partial charge on any atom is 0.225 e. The highest BCUT2D eigenvalue weighted by Gasteiger charge is 2.41. The SMILES string of the molecule is COCCNC(=O)[C@H]1Cc2ccc(OC)cc2N2CCN(c3ccc(OC)cc3)C[C@@H]12. The van der Waals surface area contributed by atoms with Gasteiger partial charge in [-0.3, -0.25) is 4.79 Å². The second kappa shape index (κ2) is 9.47. The van der Waals surface area contributed by atoms with Crippen LogP contribution in [-0.2, 0) is 16.0 Å². The van der Waals surface area contributed by atoms with Gasteiger partial charge in [0.2, 0.25) is 5.91 Å². The van der Waals surface area contributed by atoms with E-state index in [-0.39, 0.29) is 17.9 Å². The Labute approximate surface area is 183 Å². The summed E-state index contributed by atoms with van der Waals surface area (Å²) in [7, 11) is 5.01. The number of piperazine rings is 1. The van der Waals surface area contributed by atoms with Crippen molar-refractivity contribution in [1.29, 1.82) is 0 Å². The molecule has 1 N–H and O–H groups in total. The minimum Gasteiger partial charge on any atom is -0.497 e. The van der Waals surface area contributed by atoms with Gasteiger partial charge in [-0.1, -0.05) is 6.07 Å². The van der Waals surface area contributed by atoms with Gasteiger partial charge < -0.3 is 29.3 Å². The van der Waals surface area contributed by atoms with Crippen LogP contribution >= 0.6 is 0 Å². The van der Waals surface area contributed by atoms with Gasteiger partial charge in [0.15, 0.2) is 0 Å². The van der Waals surface area contributed by atoms with Gasteiger partial charge in [0.25, 0.3) is 0 Å². The molecule has 2 atom stereocenters. The van der Waals surface area contributed by atoms with Crippen molar-refractivity contribution < 1.29 is 19.0 Å². The van der Waals surface area contributed by atoms with Gasteiger partial charge in [-0.2, -0.15) is 0 Å². The molecule has 7 heteroatoms. The van der Waals surface area contributed by atoms with E-state index in [0.29, 0.717) is 13.2 Å². The molecule has 31 heavy (non-hydrogen) atoms. The zero-order chi connectivity index (χ0) is 21.8. The molecule has 2 aliphatic rings. The smallest absolute Gasteiger partial charge is 0.225 e. The molecule has 0 saturated carbocycles. The van der Waals surface area contributed by atoms with Crippen LogP contribution < -0.4 is 24.6 Å². The average molecular weight is 426 g/mol. The highest BCUT2D eigenvalue weighted by Crippen LogP contribution is 2.39. The van der Waals surface area contributed by atoms with Crippen molar-refractivity contribution in [2.24, 2.45) is 5.92 Å². The van der Waals surface area contributed by atoms with Crippen LogP contribution in [0, 0.1) is 5.92 Å². The first-order valence-corrected chi connectivity index (χ1v) is 10.7. The zero-order valence-electron chi connectivity index (χ0n) is 18.5. The van der Waals surface area contributed by atoms with Crippen molar-refractivity contribution in [2.75, 3.05) is 63.9 Å². The van der Waals surface area contributed by atoms with Crippen molar-refractivity contribution in [2.45, 2.75) is 12.5 Å². The normalized spacial score (nSPS) is 20.0. The minimum atomic E-state index is -0.126. The van der Waals surface area contributed by atoms with Crippen LogP contribution in [0.1, 0.15) is 5.56 Å². The Bertz CT molecular complexity index is 902. The first-order valence-electron chi connectivity index (χ1n) is 10.7. The largest absolute Gasteiger partial charge is 0.497 e. The fourth-order valence-electron chi connectivity index (χ4n) is 4.64. The minimum absolute atomic E-state index is 0.0815. The van der Waals surface area contributed by atoms with E-state index >= 15 is 0 Å². The molecule has 7 nitrogen and oxygen atoms in total. The van der Waals surface area contributed by atoms with E-state index in [2.05, 4.69) is 39.4 Å². The third-order valence-electron chi connectivity index (χ3n) is 6.30. The Kier molecular flexibility index (Phi) is 6.51. The highest BCUT2D eigenvalue weighted by atomic mass is 16.5. The third-order valence-corrected chi connectivity index (χ3v) is 6.30. The molecule has 1 saturated heterocycles. The van der Waals surface area contributed by atoms with E-state index < -0.39 is 0 Å². The van der Waals surface area contributed by atoms with Gasteiger partial charge in [-0.25, -0.2) is 0 Å². The molecule has 0 bridgehead atoms. The molecular formula is C24H31N3O4. The first kappa shape index (κ1) is 21.3. The van der Waals surface area contributed by atoms with Gasteiger partial charge in [-0.05, 0) is 42.3 Å². The predicted octanol–water partition coefficient (Wildman–Crippen LogP) is 2.33. The number of rotatable bonds is 7. The number of carbonyl (C=O) groups excluding carboxylic acids is 1. The summed E-state index contributed by atoms with van der Waals surface area (Å²) in [6.07, 6.45) is 0.718. The summed E-state index contributed by atoms with van der Waals surface area (Å²) in [5.74, 6) is 1.65. The molecular weight excluding hydrogens is 394 g/mol. The molecule has 0 unspecified atom stereocenters. The number of nitrogens with zero attached hydrogens (tertiary/aromatic N) is 2. The molecule has 0 spiro atoms. The number of hydrogen-bond donors (Lipinski definition) is 1. The predicted molar refractivity (Wildman–Crippen MR) is 121 cm³/mol.